The minimum absolute atomic E-state index is 0.744. The van der Waals surface area contributed by atoms with Crippen molar-refractivity contribution in [3.63, 3.8) is 0 Å². The van der Waals surface area contributed by atoms with Crippen LogP contribution in [0.3, 0.4) is 0 Å². The molecule has 0 aliphatic rings. The van der Waals surface area contributed by atoms with Gasteiger partial charge in [-0.05, 0) is 30.3 Å². The number of para-hydroxylation sites is 5. The maximum atomic E-state index is 6.81. The van der Waals surface area contributed by atoms with Crippen LogP contribution >= 0.6 is 0 Å². The van der Waals surface area contributed by atoms with Gasteiger partial charge in [0.2, 0.25) is 0 Å². The summed E-state index contributed by atoms with van der Waals surface area (Å²) < 4.78 is 15.8. The molecule has 0 bridgehead atoms. The molecule has 0 saturated carbocycles. The number of nitrogens with zero attached hydrogens (tertiary/aromatic N) is 3. The summed E-state index contributed by atoms with van der Waals surface area (Å²) in [5, 5.41) is 6.31. The van der Waals surface area contributed by atoms with Crippen molar-refractivity contribution in [2.45, 2.75) is 0 Å². The first-order chi connectivity index (χ1) is 21.3. The molecule has 0 fully saturated rings. The topological polar surface area (TPSA) is 57.0 Å². The maximum absolute atomic E-state index is 6.81. The van der Waals surface area contributed by atoms with E-state index in [9.17, 15) is 0 Å². The molecule has 6 aromatic carbocycles. The van der Waals surface area contributed by atoms with Crippen LogP contribution in [0.5, 0.6) is 0 Å². The Morgan fingerprint density at radius 3 is 1.77 bits per heavy atom. The molecule has 4 aromatic heterocycles. The van der Waals surface area contributed by atoms with Gasteiger partial charge in [-0.1, -0.05) is 97.1 Å². The van der Waals surface area contributed by atoms with Crippen LogP contribution in [0.4, 0.5) is 0 Å². The fraction of sp³-hybridized carbons (Fsp3) is 0. The van der Waals surface area contributed by atoms with Crippen LogP contribution < -0.4 is 0 Å². The SMILES string of the molecule is c1ccc(-c2nc3ccccc3nc2-n2c3ccccc3c3c4oc5ccccc5c4c4c5ccccc5oc4c32)cc1. The minimum Gasteiger partial charge on any atom is -0.455 e. The molecule has 4 heterocycles. The standard InChI is InChI=1S/C38H21N3O2/c1-2-12-22(13-3-1)34-38(40-27-18-8-7-17-26(27)39-34)41-28-19-9-4-14-23(28)33-35(41)37-32(25-16-6-11-21-30(25)43-37)31-24-15-5-10-20-29(24)42-36(31)33/h1-21H. The van der Waals surface area contributed by atoms with Gasteiger partial charge in [0.1, 0.15) is 28.0 Å². The van der Waals surface area contributed by atoms with Gasteiger partial charge in [0.05, 0.1) is 21.9 Å². The molecule has 43 heavy (non-hydrogen) atoms. The second-order valence-corrected chi connectivity index (χ2v) is 10.9. The average Bonchev–Trinajstić information content (AvgIpc) is 3.74. The Morgan fingerprint density at radius 1 is 0.465 bits per heavy atom. The smallest absolute Gasteiger partial charge is 0.165 e. The molecule has 10 aromatic rings. The summed E-state index contributed by atoms with van der Waals surface area (Å²) in [6.45, 7) is 0. The molecular formula is C38H21N3O2. The molecule has 0 N–H and O–H groups in total. The van der Waals surface area contributed by atoms with Gasteiger partial charge >= 0.3 is 0 Å². The molecule has 5 heteroatoms. The van der Waals surface area contributed by atoms with Crippen molar-refractivity contribution in [1.82, 2.24) is 14.5 Å². The number of hydrogen-bond donors (Lipinski definition) is 0. The summed E-state index contributed by atoms with van der Waals surface area (Å²) in [5.41, 5.74) is 8.73. The molecule has 0 saturated heterocycles. The van der Waals surface area contributed by atoms with Crippen LogP contribution in [0.2, 0.25) is 0 Å². The number of rotatable bonds is 2. The Kier molecular flexibility index (Phi) is 4.39. The van der Waals surface area contributed by atoms with Crippen LogP contribution in [0.15, 0.2) is 136 Å². The number of fused-ring (bicyclic) bond motifs is 13. The first kappa shape index (κ1) is 22.7. The Balaban J connectivity index is 1.51. The van der Waals surface area contributed by atoms with Gasteiger partial charge in [0.15, 0.2) is 11.4 Å². The van der Waals surface area contributed by atoms with E-state index in [0.29, 0.717) is 0 Å². The van der Waals surface area contributed by atoms with Crippen molar-refractivity contribution in [3.05, 3.63) is 127 Å². The van der Waals surface area contributed by atoms with Gasteiger partial charge < -0.3 is 8.83 Å². The lowest BCUT2D eigenvalue weighted by molar-refractivity contribution is 0.667. The lowest BCUT2D eigenvalue weighted by Crippen LogP contribution is -2.03. The molecule has 0 aliphatic heterocycles. The van der Waals surface area contributed by atoms with E-state index in [0.717, 1.165) is 93.8 Å². The van der Waals surface area contributed by atoms with Gasteiger partial charge in [-0.3, -0.25) is 4.57 Å². The summed E-state index contributed by atoms with van der Waals surface area (Å²) >= 11 is 0. The third kappa shape index (κ3) is 3.00. The molecule has 0 unspecified atom stereocenters. The second-order valence-electron chi connectivity index (χ2n) is 10.9. The Bertz CT molecular complexity index is 2730. The molecule has 0 spiro atoms. The van der Waals surface area contributed by atoms with E-state index < -0.39 is 0 Å². The van der Waals surface area contributed by atoms with Crippen molar-refractivity contribution >= 4 is 76.7 Å². The van der Waals surface area contributed by atoms with Crippen LogP contribution in [-0.2, 0) is 0 Å². The van der Waals surface area contributed by atoms with Crippen LogP contribution in [0.1, 0.15) is 0 Å². The summed E-state index contributed by atoms with van der Waals surface area (Å²) in [5.74, 6) is 0.744. The van der Waals surface area contributed by atoms with E-state index in [1.807, 2.05) is 66.7 Å². The lowest BCUT2D eigenvalue weighted by Gasteiger charge is -2.13. The molecule has 0 atom stereocenters. The highest BCUT2D eigenvalue weighted by molar-refractivity contribution is 6.38. The zero-order chi connectivity index (χ0) is 28.1. The largest absolute Gasteiger partial charge is 0.455 e. The molecule has 0 radical (unpaired) electrons. The predicted octanol–water partition coefficient (Wildman–Crippen LogP) is 10.2. The zero-order valence-electron chi connectivity index (χ0n) is 22.8. The minimum atomic E-state index is 0.744. The van der Waals surface area contributed by atoms with Crippen LogP contribution in [0, 0.1) is 0 Å². The zero-order valence-corrected chi connectivity index (χ0v) is 22.8. The highest BCUT2D eigenvalue weighted by Crippen LogP contribution is 2.49. The Hall–Kier alpha value is -5.94. The molecule has 0 amide bonds. The fourth-order valence-corrected chi connectivity index (χ4v) is 6.77. The maximum Gasteiger partial charge on any atom is 0.165 e. The average molecular weight is 552 g/mol. The number of furan rings is 2. The van der Waals surface area contributed by atoms with E-state index >= 15 is 0 Å². The highest BCUT2D eigenvalue weighted by Gasteiger charge is 2.28. The molecular weight excluding hydrogens is 530 g/mol. The van der Waals surface area contributed by atoms with Crippen LogP contribution in [-0.4, -0.2) is 14.5 Å². The second kappa shape index (κ2) is 8.30. The lowest BCUT2D eigenvalue weighted by atomic mass is 10.0. The quantitative estimate of drug-likeness (QED) is 0.214. The van der Waals surface area contributed by atoms with Gasteiger partial charge in [-0.15, -0.1) is 0 Å². The third-order valence-corrected chi connectivity index (χ3v) is 8.57. The highest BCUT2D eigenvalue weighted by atomic mass is 16.3. The van der Waals surface area contributed by atoms with Gasteiger partial charge in [0.25, 0.3) is 0 Å². The van der Waals surface area contributed by atoms with E-state index in [1.165, 1.54) is 0 Å². The van der Waals surface area contributed by atoms with Gasteiger partial charge in [-0.25, -0.2) is 9.97 Å². The fourth-order valence-electron chi connectivity index (χ4n) is 6.77. The first-order valence-electron chi connectivity index (χ1n) is 14.4. The van der Waals surface area contributed by atoms with Crippen molar-refractivity contribution in [2.24, 2.45) is 0 Å². The molecule has 200 valence electrons. The Morgan fingerprint density at radius 2 is 1.02 bits per heavy atom. The van der Waals surface area contributed by atoms with Crippen molar-refractivity contribution < 1.29 is 8.83 Å². The van der Waals surface area contributed by atoms with E-state index in [2.05, 4.69) is 65.2 Å². The van der Waals surface area contributed by atoms with Gasteiger partial charge in [0, 0.05) is 32.5 Å². The third-order valence-electron chi connectivity index (χ3n) is 8.57. The summed E-state index contributed by atoms with van der Waals surface area (Å²) in [6, 6.07) is 43.3. The van der Waals surface area contributed by atoms with Gasteiger partial charge in [-0.2, -0.15) is 0 Å². The van der Waals surface area contributed by atoms with Crippen molar-refractivity contribution in [1.29, 1.82) is 0 Å². The summed E-state index contributed by atoms with van der Waals surface area (Å²) in [6.07, 6.45) is 0. The van der Waals surface area contributed by atoms with Crippen LogP contribution in [0.25, 0.3) is 93.8 Å². The van der Waals surface area contributed by atoms with E-state index in [1.54, 1.807) is 0 Å². The molecule has 5 nitrogen and oxygen atoms in total. The monoisotopic (exact) mass is 551 g/mol. The number of aromatic nitrogens is 3. The number of benzene rings is 6. The summed E-state index contributed by atoms with van der Waals surface area (Å²) in [7, 11) is 0. The summed E-state index contributed by atoms with van der Waals surface area (Å²) in [4.78, 5) is 10.5. The van der Waals surface area contributed by atoms with Crippen molar-refractivity contribution in [3.8, 4) is 17.1 Å². The number of hydrogen-bond acceptors (Lipinski definition) is 4. The Labute approximate surface area is 244 Å². The molecule has 10 rings (SSSR count). The van der Waals surface area contributed by atoms with E-state index in [4.69, 9.17) is 18.8 Å². The predicted molar refractivity (Wildman–Crippen MR) is 174 cm³/mol. The normalized spacial score (nSPS) is 12.2. The van der Waals surface area contributed by atoms with E-state index in [-0.39, 0.29) is 0 Å². The van der Waals surface area contributed by atoms with Crippen molar-refractivity contribution in [2.75, 3.05) is 0 Å². The molecule has 0 aliphatic carbocycles. The first-order valence-corrected chi connectivity index (χ1v) is 14.4.